The minimum absolute atomic E-state index is 0.0474. The first-order chi connectivity index (χ1) is 6.92. The molecular weight excluding hydrogens is 178 g/mol. The number of hydrogen-bond donors (Lipinski definition) is 0. The molecule has 3 heteroatoms. The van der Waals surface area contributed by atoms with Gasteiger partial charge in [0, 0.05) is 19.3 Å². The number of benzene rings is 1. The fourth-order valence-corrected chi connectivity index (χ4v) is 1.69. The number of ether oxygens (including phenoxy) is 2. The second-order valence-corrected chi connectivity index (χ2v) is 3.29. The average molecular weight is 193 g/mol. The van der Waals surface area contributed by atoms with Gasteiger partial charge in [-0.2, -0.15) is 0 Å². The van der Waals surface area contributed by atoms with Crippen molar-refractivity contribution in [3.63, 3.8) is 0 Å². The first kappa shape index (κ1) is 9.49. The standard InChI is InChI=1S/C11H15NO2/c1-13-11-9-14-8-7-12(11)10-5-3-2-4-6-10/h2-6,11H,7-9H2,1H3/t11-/m1/s1. The maximum absolute atomic E-state index is 5.36. The topological polar surface area (TPSA) is 21.7 Å². The Morgan fingerprint density at radius 3 is 2.86 bits per heavy atom. The van der Waals surface area contributed by atoms with Gasteiger partial charge in [-0.3, -0.25) is 0 Å². The Labute approximate surface area is 84.2 Å². The number of para-hydroxylation sites is 1. The summed E-state index contributed by atoms with van der Waals surface area (Å²) < 4.78 is 10.7. The molecule has 0 aromatic heterocycles. The summed E-state index contributed by atoms with van der Waals surface area (Å²) in [5, 5.41) is 0. The molecule has 0 saturated carbocycles. The Kier molecular flexibility index (Phi) is 3.01. The molecule has 2 rings (SSSR count). The fraction of sp³-hybridized carbons (Fsp3) is 0.455. The Morgan fingerprint density at radius 2 is 2.14 bits per heavy atom. The van der Waals surface area contributed by atoms with Gasteiger partial charge in [0.15, 0.2) is 6.23 Å². The molecule has 3 nitrogen and oxygen atoms in total. The van der Waals surface area contributed by atoms with Crippen LogP contribution in [-0.4, -0.2) is 33.1 Å². The number of morpholine rings is 1. The summed E-state index contributed by atoms with van der Waals surface area (Å²) in [6, 6.07) is 10.3. The lowest BCUT2D eigenvalue weighted by Gasteiger charge is -2.36. The van der Waals surface area contributed by atoms with Crippen molar-refractivity contribution in [2.45, 2.75) is 6.23 Å². The lowest BCUT2D eigenvalue weighted by atomic mass is 10.2. The van der Waals surface area contributed by atoms with E-state index in [-0.39, 0.29) is 6.23 Å². The molecule has 0 radical (unpaired) electrons. The van der Waals surface area contributed by atoms with Crippen molar-refractivity contribution in [2.24, 2.45) is 0 Å². The molecule has 76 valence electrons. The van der Waals surface area contributed by atoms with Crippen LogP contribution in [0.4, 0.5) is 5.69 Å². The van der Waals surface area contributed by atoms with Crippen molar-refractivity contribution >= 4 is 5.69 Å². The second kappa shape index (κ2) is 4.44. The quantitative estimate of drug-likeness (QED) is 0.710. The van der Waals surface area contributed by atoms with Gasteiger partial charge >= 0.3 is 0 Å². The summed E-state index contributed by atoms with van der Waals surface area (Å²) >= 11 is 0. The predicted octanol–water partition coefficient (Wildman–Crippen LogP) is 1.50. The smallest absolute Gasteiger partial charge is 0.153 e. The number of nitrogens with zero attached hydrogens (tertiary/aromatic N) is 1. The molecule has 1 saturated heterocycles. The SMILES string of the molecule is CO[C@@H]1COCCN1c1ccccc1. The minimum atomic E-state index is 0.0474. The summed E-state index contributed by atoms with van der Waals surface area (Å²) in [5.74, 6) is 0. The van der Waals surface area contributed by atoms with E-state index in [9.17, 15) is 0 Å². The van der Waals surface area contributed by atoms with Gasteiger partial charge in [0.1, 0.15) is 0 Å². The molecule has 0 unspecified atom stereocenters. The van der Waals surface area contributed by atoms with Gasteiger partial charge in [-0.05, 0) is 12.1 Å². The third kappa shape index (κ3) is 1.89. The maximum Gasteiger partial charge on any atom is 0.153 e. The molecule has 1 aliphatic rings. The minimum Gasteiger partial charge on any atom is -0.375 e. The van der Waals surface area contributed by atoms with Crippen LogP contribution in [-0.2, 0) is 9.47 Å². The van der Waals surface area contributed by atoms with Crippen LogP contribution >= 0.6 is 0 Å². The van der Waals surface area contributed by atoms with E-state index in [1.54, 1.807) is 7.11 Å². The van der Waals surface area contributed by atoms with Crippen molar-refractivity contribution in [2.75, 3.05) is 31.8 Å². The molecule has 1 fully saturated rings. The normalized spacial score (nSPS) is 22.4. The van der Waals surface area contributed by atoms with Gasteiger partial charge in [-0.25, -0.2) is 0 Å². The van der Waals surface area contributed by atoms with Crippen molar-refractivity contribution in [3.05, 3.63) is 30.3 Å². The highest BCUT2D eigenvalue weighted by Gasteiger charge is 2.22. The van der Waals surface area contributed by atoms with Gasteiger partial charge < -0.3 is 14.4 Å². The fourth-order valence-electron chi connectivity index (χ4n) is 1.69. The Bertz CT molecular complexity index is 276. The summed E-state index contributed by atoms with van der Waals surface area (Å²) in [5.41, 5.74) is 1.20. The van der Waals surface area contributed by atoms with Gasteiger partial charge in [-0.1, -0.05) is 18.2 Å². The Morgan fingerprint density at radius 1 is 1.36 bits per heavy atom. The molecule has 1 heterocycles. The van der Waals surface area contributed by atoms with Crippen molar-refractivity contribution in [1.29, 1.82) is 0 Å². The van der Waals surface area contributed by atoms with Crippen molar-refractivity contribution in [1.82, 2.24) is 0 Å². The molecule has 0 spiro atoms. The van der Waals surface area contributed by atoms with E-state index < -0.39 is 0 Å². The van der Waals surface area contributed by atoms with Crippen LogP contribution in [0.2, 0.25) is 0 Å². The van der Waals surface area contributed by atoms with Gasteiger partial charge in [-0.15, -0.1) is 0 Å². The first-order valence-electron chi connectivity index (χ1n) is 4.84. The van der Waals surface area contributed by atoms with Crippen LogP contribution in [0.5, 0.6) is 0 Å². The third-order valence-corrected chi connectivity index (χ3v) is 2.44. The molecule has 0 N–H and O–H groups in total. The molecule has 14 heavy (non-hydrogen) atoms. The molecule has 0 bridgehead atoms. The van der Waals surface area contributed by atoms with Crippen LogP contribution in [0, 0.1) is 0 Å². The molecular formula is C11H15NO2. The van der Waals surface area contributed by atoms with E-state index >= 15 is 0 Å². The Hall–Kier alpha value is -1.06. The van der Waals surface area contributed by atoms with Crippen LogP contribution < -0.4 is 4.90 Å². The van der Waals surface area contributed by atoms with E-state index in [2.05, 4.69) is 17.0 Å². The molecule has 1 aromatic carbocycles. The molecule has 1 aromatic rings. The van der Waals surface area contributed by atoms with Crippen LogP contribution in [0.25, 0.3) is 0 Å². The monoisotopic (exact) mass is 193 g/mol. The average Bonchev–Trinajstić information content (AvgIpc) is 2.30. The van der Waals surface area contributed by atoms with Gasteiger partial charge in [0.25, 0.3) is 0 Å². The predicted molar refractivity (Wildman–Crippen MR) is 55.4 cm³/mol. The lowest BCUT2D eigenvalue weighted by molar-refractivity contribution is -0.0187. The largest absolute Gasteiger partial charge is 0.375 e. The zero-order chi connectivity index (χ0) is 9.80. The van der Waals surface area contributed by atoms with E-state index in [0.717, 1.165) is 13.2 Å². The summed E-state index contributed by atoms with van der Waals surface area (Å²) in [6.07, 6.45) is 0.0474. The lowest BCUT2D eigenvalue weighted by Crippen LogP contribution is -2.46. The second-order valence-electron chi connectivity index (χ2n) is 3.29. The summed E-state index contributed by atoms with van der Waals surface area (Å²) in [7, 11) is 1.72. The van der Waals surface area contributed by atoms with Crippen LogP contribution in [0.3, 0.4) is 0 Å². The number of anilines is 1. The Balaban J connectivity index is 2.15. The first-order valence-corrected chi connectivity index (χ1v) is 4.84. The highest BCUT2D eigenvalue weighted by molar-refractivity contribution is 5.46. The van der Waals surface area contributed by atoms with Crippen molar-refractivity contribution < 1.29 is 9.47 Å². The number of rotatable bonds is 2. The maximum atomic E-state index is 5.36. The zero-order valence-electron chi connectivity index (χ0n) is 8.35. The summed E-state index contributed by atoms with van der Waals surface area (Å²) in [6.45, 7) is 2.31. The zero-order valence-corrected chi connectivity index (χ0v) is 8.35. The number of methoxy groups -OCH3 is 1. The van der Waals surface area contributed by atoms with Crippen molar-refractivity contribution in [3.8, 4) is 0 Å². The van der Waals surface area contributed by atoms with Crippen LogP contribution in [0.15, 0.2) is 30.3 Å². The van der Waals surface area contributed by atoms with E-state index in [1.165, 1.54) is 5.69 Å². The van der Waals surface area contributed by atoms with E-state index in [1.807, 2.05) is 18.2 Å². The van der Waals surface area contributed by atoms with Gasteiger partial charge in [0.2, 0.25) is 0 Å². The van der Waals surface area contributed by atoms with Gasteiger partial charge in [0.05, 0.1) is 13.2 Å². The molecule has 1 aliphatic heterocycles. The molecule has 0 amide bonds. The third-order valence-electron chi connectivity index (χ3n) is 2.44. The molecule has 0 aliphatic carbocycles. The highest BCUT2D eigenvalue weighted by Crippen LogP contribution is 2.19. The summed E-state index contributed by atoms with van der Waals surface area (Å²) in [4.78, 5) is 2.23. The van der Waals surface area contributed by atoms with E-state index in [4.69, 9.17) is 9.47 Å². The van der Waals surface area contributed by atoms with E-state index in [0.29, 0.717) is 6.61 Å². The highest BCUT2D eigenvalue weighted by atomic mass is 16.5. The molecule has 1 atom stereocenters. The van der Waals surface area contributed by atoms with Crippen LogP contribution in [0.1, 0.15) is 0 Å². The number of hydrogen-bond acceptors (Lipinski definition) is 3.